The van der Waals surface area contributed by atoms with Crippen molar-refractivity contribution in [3.05, 3.63) is 60.6 Å². The zero-order chi connectivity index (χ0) is 16.3. The second kappa shape index (κ2) is 6.42. The third kappa shape index (κ3) is 3.72. The molecule has 2 aromatic rings. The molecule has 116 valence electrons. The number of benzene rings is 2. The van der Waals surface area contributed by atoms with Crippen LogP contribution in [0, 0.1) is 0 Å². The molecule has 0 atom stereocenters. The number of hydrogen-bond donors (Lipinski definition) is 0. The molecule has 0 spiro atoms. The Morgan fingerprint density at radius 3 is 1.27 bits per heavy atom. The third-order valence-corrected chi connectivity index (χ3v) is 2.50. The van der Waals surface area contributed by atoms with Crippen LogP contribution in [0.5, 0.6) is 11.5 Å². The van der Waals surface area contributed by atoms with Crippen molar-refractivity contribution in [3.63, 3.8) is 0 Å². The number of hydrogen-bond acceptors (Lipinski definition) is 2. The van der Waals surface area contributed by atoms with Crippen LogP contribution in [0.15, 0.2) is 60.6 Å². The highest BCUT2D eigenvalue weighted by Crippen LogP contribution is 2.28. The normalized spacial score (nSPS) is 10.3. The van der Waals surface area contributed by atoms with Gasteiger partial charge in [0, 0.05) is 0 Å². The Kier molecular flexibility index (Phi) is 4.59. The van der Waals surface area contributed by atoms with Gasteiger partial charge in [-0.3, -0.25) is 0 Å². The molecule has 0 fully saturated rings. The lowest BCUT2D eigenvalue weighted by atomic mass is 10.1. The molecular formula is C14H6F6O2. The fraction of sp³-hybridized carbons (Fsp3) is 0. The van der Waals surface area contributed by atoms with Crippen molar-refractivity contribution in [2.24, 2.45) is 0 Å². The summed E-state index contributed by atoms with van der Waals surface area (Å²) in [4.78, 5) is 0. The van der Waals surface area contributed by atoms with Gasteiger partial charge in [-0.25, -0.2) is 0 Å². The third-order valence-electron chi connectivity index (χ3n) is 2.50. The van der Waals surface area contributed by atoms with Crippen LogP contribution in [0.2, 0.25) is 0 Å². The van der Waals surface area contributed by atoms with Gasteiger partial charge in [0.25, 0.3) is 0 Å². The van der Waals surface area contributed by atoms with Gasteiger partial charge in [-0.15, -0.1) is 0 Å². The summed E-state index contributed by atoms with van der Waals surface area (Å²) in [7, 11) is 0. The van der Waals surface area contributed by atoms with E-state index in [4.69, 9.17) is 0 Å². The van der Waals surface area contributed by atoms with Gasteiger partial charge >= 0.3 is 24.2 Å². The molecule has 0 N–H and O–H groups in total. The van der Waals surface area contributed by atoms with E-state index in [2.05, 4.69) is 9.47 Å². The quantitative estimate of drug-likeness (QED) is 0.534. The highest BCUT2D eigenvalue weighted by molar-refractivity contribution is 5.85. The summed E-state index contributed by atoms with van der Waals surface area (Å²) in [6, 6.07) is 3.47. The minimum Gasteiger partial charge on any atom is -0.428 e. The number of halogens is 6. The summed E-state index contributed by atoms with van der Waals surface area (Å²) in [6.45, 7) is 0. The maximum atomic E-state index is 12.7. The van der Waals surface area contributed by atoms with Gasteiger partial charge in [-0.1, -0.05) is 12.1 Å². The van der Waals surface area contributed by atoms with E-state index in [0.717, 1.165) is 0 Å². The van der Waals surface area contributed by atoms with Gasteiger partial charge in [0.1, 0.15) is 11.5 Å². The zero-order valence-corrected chi connectivity index (χ0v) is 10.5. The van der Waals surface area contributed by atoms with Crippen molar-refractivity contribution in [2.45, 2.75) is 0 Å². The summed E-state index contributed by atoms with van der Waals surface area (Å²) in [6.07, 6.45) is -5.20. The molecule has 2 nitrogen and oxygen atoms in total. The molecule has 0 heterocycles. The van der Waals surface area contributed by atoms with Crippen molar-refractivity contribution >= 4 is 10.8 Å². The number of ether oxygens (including phenoxy) is 2. The van der Waals surface area contributed by atoms with Crippen LogP contribution in [0.25, 0.3) is 10.8 Å². The van der Waals surface area contributed by atoms with Gasteiger partial charge in [0.15, 0.2) is 0 Å². The molecule has 0 aliphatic carbocycles. The first-order valence-corrected chi connectivity index (χ1v) is 5.68. The summed E-state index contributed by atoms with van der Waals surface area (Å²) in [5.74, 6) is -0.375. The number of rotatable bonds is 4. The predicted octanol–water partition coefficient (Wildman–Crippen LogP) is 5.67. The van der Waals surface area contributed by atoms with Crippen LogP contribution >= 0.6 is 0 Å². The molecule has 0 amide bonds. The minimum atomic E-state index is -2.60. The Balaban J connectivity index is 2.29. The van der Waals surface area contributed by atoms with Gasteiger partial charge in [-0.05, 0) is 35.0 Å². The average Bonchev–Trinajstić information content (AvgIpc) is 2.47. The molecule has 22 heavy (non-hydrogen) atoms. The first-order valence-electron chi connectivity index (χ1n) is 5.68. The fourth-order valence-corrected chi connectivity index (χ4v) is 1.61. The SMILES string of the molecule is FC(F)=C(F)Oc1ccc2cc(OC(F)=C(F)F)ccc2c1. The Morgan fingerprint density at radius 2 is 0.955 bits per heavy atom. The zero-order valence-electron chi connectivity index (χ0n) is 10.5. The van der Waals surface area contributed by atoms with E-state index >= 15 is 0 Å². The van der Waals surface area contributed by atoms with E-state index in [-0.39, 0.29) is 11.5 Å². The smallest absolute Gasteiger partial charge is 0.344 e. The monoisotopic (exact) mass is 320 g/mol. The second-order valence-corrected chi connectivity index (χ2v) is 3.94. The van der Waals surface area contributed by atoms with Crippen LogP contribution in [0.1, 0.15) is 0 Å². The first kappa shape index (κ1) is 15.7. The average molecular weight is 320 g/mol. The molecular weight excluding hydrogens is 314 g/mol. The van der Waals surface area contributed by atoms with Crippen LogP contribution in [0.3, 0.4) is 0 Å². The molecule has 0 saturated carbocycles. The summed E-state index contributed by atoms with van der Waals surface area (Å²) >= 11 is 0. The van der Waals surface area contributed by atoms with Crippen molar-refractivity contribution in [3.8, 4) is 11.5 Å². The second-order valence-electron chi connectivity index (χ2n) is 3.94. The molecule has 0 saturated heterocycles. The lowest BCUT2D eigenvalue weighted by molar-refractivity contribution is 0.241. The van der Waals surface area contributed by atoms with E-state index in [1.807, 2.05) is 0 Å². The highest BCUT2D eigenvalue weighted by atomic mass is 19.3. The van der Waals surface area contributed by atoms with E-state index in [1.165, 1.54) is 36.4 Å². The molecule has 8 heteroatoms. The topological polar surface area (TPSA) is 18.5 Å². The van der Waals surface area contributed by atoms with Gasteiger partial charge in [0.2, 0.25) is 0 Å². The minimum absolute atomic E-state index is 0.188. The molecule has 0 aromatic heterocycles. The van der Waals surface area contributed by atoms with Crippen molar-refractivity contribution in [1.29, 1.82) is 0 Å². The van der Waals surface area contributed by atoms with Crippen LogP contribution < -0.4 is 9.47 Å². The summed E-state index contributed by atoms with van der Waals surface area (Å²) in [5, 5.41) is 0.837. The molecule has 0 bridgehead atoms. The Bertz CT molecular complexity index is 696. The molecule has 2 aromatic carbocycles. The Labute approximate surface area is 119 Å². The molecule has 0 unspecified atom stereocenters. The molecule has 0 radical (unpaired) electrons. The predicted molar refractivity (Wildman–Crippen MR) is 65.9 cm³/mol. The van der Waals surface area contributed by atoms with E-state index in [1.54, 1.807) is 0 Å². The molecule has 0 aliphatic rings. The van der Waals surface area contributed by atoms with Crippen LogP contribution in [0.4, 0.5) is 26.3 Å². The largest absolute Gasteiger partial charge is 0.428 e. The lowest BCUT2D eigenvalue weighted by Crippen LogP contribution is -1.92. The van der Waals surface area contributed by atoms with Gasteiger partial charge in [0.05, 0.1) is 0 Å². The standard InChI is InChI=1S/C14H6F6O2/c15-11(16)13(19)21-9-3-1-7-5-10(4-2-8(7)6-9)22-14(20)12(17)18/h1-6H. The van der Waals surface area contributed by atoms with E-state index in [0.29, 0.717) is 10.8 Å². The maximum Gasteiger partial charge on any atom is 0.344 e. The summed E-state index contributed by atoms with van der Waals surface area (Å²) in [5.41, 5.74) is 0. The lowest BCUT2D eigenvalue weighted by Gasteiger charge is -2.06. The van der Waals surface area contributed by atoms with E-state index in [9.17, 15) is 26.3 Å². The van der Waals surface area contributed by atoms with Crippen molar-refractivity contribution in [2.75, 3.05) is 0 Å². The summed E-state index contributed by atoms with van der Waals surface area (Å²) < 4.78 is 81.6. The fourth-order valence-electron chi connectivity index (χ4n) is 1.61. The Morgan fingerprint density at radius 1 is 0.591 bits per heavy atom. The van der Waals surface area contributed by atoms with Crippen molar-refractivity contribution in [1.82, 2.24) is 0 Å². The van der Waals surface area contributed by atoms with Crippen LogP contribution in [-0.2, 0) is 0 Å². The molecule has 0 aliphatic heterocycles. The van der Waals surface area contributed by atoms with E-state index < -0.39 is 24.2 Å². The van der Waals surface area contributed by atoms with Crippen LogP contribution in [-0.4, -0.2) is 0 Å². The molecule has 2 rings (SSSR count). The van der Waals surface area contributed by atoms with Gasteiger partial charge in [-0.2, -0.15) is 26.3 Å². The van der Waals surface area contributed by atoms with Crippen molar-refractivity contribution < 1.29 is 35.8 Å². The Hall–Kier alpha value is -2.64. The number of fused-ring (bicyclic) bond motifs is 1. The van der Waals surface area contributed by atoms with Gasteiger partial charge < -0.3 is 9.47 Å². The highest BCUT2D eigenvalue weighted by Gasteiger charge is 2.10. The first-order chi connectivity index (χ1) is 10.4. The maximum absolute atomic E-state index is 12.7.